The molecule has 0 rings (SSSR count). The lowest BCUT2D eigenvalue weighted by atomic mass is 10.1. The van der Waals surface area contributed by atoms with Crippen molar-refractivity contribution in [2.24, 2.45) is 0 Å². The van der Waals surface area contributed by atoms with Crippen molar-refractivity contribution < 1.29 is 20.4 Å². The van der Waals surface area contributed by atoms with Crippen LogP contribution >= 0.6 is 0 Å². The molecule has 3 unspecified atom stereocenters. The van der Waals surface area contributed by atoms with Crippen molar-refractivity contribution in [3.63, 3.8) is 0 Å². The van der Waals surface area contributed by atoms with E-state index in [1.807, 2.05) is 6.92 Å². The standard InChI is InChI=1S/2C6H14O2/c1-6(8)4-2-3-5-7;1-3-4-6(8)5(2)7/h6-8H,2-5H2,1H3;5-8H,3-4H2,1-2H3. The fourth-order valence-corrected chi connectivity index (χ4v) is 1.09. The summed E-state index contributed by atoms with van der Waals surface area (Å²) in [4.78, 5) is 0. The van der Waals surface area contributed by atoms with Crippen LogP contribution in [0.15, 0.2) is 0 Å². The Morgan fingerprint density at radius 1 is 0.938 bits per heavy atom. The van der Waals surface area contributed by atoms with E-state index in [1.165, 1.54) is 0 Å². The van der Waals surface area contributed by atoms with Crippen molar-refractivity contribution in [2.45, 2.75) is 71.2 Å². The molecule has 0 amide bonds. The Kier molecular flexibility index (Phi) is 14.7. The number of aliphatic hydroxyl groups is 4. The number of rotatable bonds is 7. The van der Waals surface area contributed by atoms with Crippen molar-refractivity contribution >= 4 is 0 Å². The van der Waals surface area contributed by atoms with E-state index >= 15 is 0 Å². The molecular weight excluding hydrogens is 208 g/mol. The first-order valence-corrected chi connectivity index (χ1v) is 6.10. The highest BCUT2D eigenvalue weighted by atomic mass is 16.3. The Hall–Kier alpha value is -0.160. The van der Waals surface area contributed by atoms with E-state index in [2.05, 4.69) is 0 Å². The Morgan fingerprint density at radius 3 is 1.75 bits per heavy atom. The van der Waals surface area contributed by atoms with Crippen molar-refractivity contribution in [1.29, 1.82) is 0 Å². The van der Waals surface area contributed by atoms with Gasteiger partial charge in [-0.05, 0) is 39.5 Å². The van der Waals surface area contributed by atoms with E-state index in [9.17, 15) is 0 Å². The Morgan fingerprint density at radius 2 is 1.50 bits per heavy atom. The highest BCUT2D eigenvalue weighted by Crippen LogP contribution is 1.99. The van der Waals surface area contributed by atoms with Crippen LogP contribution in [0, 0.1) is 0 Å². The Balaban J connectivity index is 0. The SMILES string of the molecule is CC(O)CCCCO.CCCC(O)C(C)O. The molecule has 0 aliphatic rings. The quantitative estimate of drug-likeness (QED) is 0.498. The average Bonchev–Trinajstić information content (AvgIpc) is 2.19. The van der Waals surface area contributed by atoms with E-state index in [0.29, 0.717) is 6.42 Å². The molecule has 0 aliphatic carbocycles. The zero-order valence-electron chi connectivity index (χ0n) is 10.8. The summed E-state index contributed by atoms with van der Waals surface area (Å²) in [6.45, 7) is 5.58. The lowest BCUT2D eigenvalue weighted by Crippen LogP contribution is -2.21. The zero-order valence-corrected chi connectivity index (χ0v) is 10.8. The van der Waals surface area contributed by atoms with E-state index < -0.39 is 12.2 Å². The number of hydrogen-bond donors (Lipinski definition) is 4. The molecule has 0 saturated carbocycles. The normalized spacial score (nSPS) is 15.9. The number of unbranched alkanes of at least 4 members (excludes halogenated alkanes) is 1. The Labute approximate surface area is 98.9 Å². The van der Waals surface area contributed by atoms with Crippen LogP contribution in [-0.4, -0.2) is 45.3 Å². The molecule has 4 nitrogen and oxygen atoms in total. The first-order chi connectivity index (χ1) is 7.45. The van der Waals surface area contributed by atoms with Gasteiger partial charge in [-0.2, -0.15) is 0 Å². The Bertz CT molecular complexity index is 126. The molecule has 4 heteroatoms. The predicted molar refractivity (Wildman–Crippen MR) is 65.2 cm³/mol. The van der Waals surface area contributed by atoms with Gasteiger partial charge in [0.1, 0.15) is 0 Å². The van der Waals surface area contributed by atoms with Crippen LogP contribution in [0.25, 0.3) is 0 Å². The molecule has 0 aromatic heterocycles. The monoisotopic (exact) mass is 236 g/mol. The summed E-state index contributed by atoms with van der Waals surface area (Å²) in [6, 6.07) is 0. The molecule has 0 aromatic rings. The molecule has 3 atom stereocenters. The summed E-state index contributed by atoms with van der Waals surface area (Å²) in [6.07, 6.45) is 2.85. The van der Waals surface area contributed by atoms with Crippen LogP contribution in [0.4, 0.5) is 0 Å². The molecule has 0 aliphatic heterocycles. The largest absolute Gasteiger partial charge is 0.396 e. The third kappa shape index (κ3) is 16.3. The van der Waals surface area contributed by atoms with Gasteiger partial charge >= 0.3 is 0 Å². The lowest BCUT2D eigenvalue weighted by Gasteiger charge is -2.10. The van der Waals surface area contributed by atoms with Crippen molar-refractivity contribution in [1.82, 2.24) is 0 Å². The minimum absolute atomic E-state index is 0.207. The minimum Gasteiger partial charge on any atom is -0.396 e. The van der Waals surface area contributed by atoms with Gasteiger partial charge in [-0.25, -0.2) is 0 Å². The van der Waals surface area contributed by atoms with Crippen LogP contribution in [0.5, 0.6) is 0 Å². The smallest absolute Gasteiger partial charge is 0.0796 e. The van der Waals surface area contributed by atoms with Gasteiger partial charge in [0.2, 0.25) is 0 Å². The number of aliphatic hydroxyl groups excluding tert-OH is 4. The fraction of sp³-hybridized carbons (Fsp3) is 1.00. The number of hydrogen-bond acceptors (Lipinski definition) is 4. The van der Waals surface area contributed by atoms with E-state index in [1.54, 1.807) is 13.8 Å². The topological polar surface area (TPSA) is 80.9 Å². The van der Waals surface area contributed by atoms with Gasteiger partial charge in [0, 0.05) is 6.61 Å². The highest BCUT2D eigenvalue weighted by Gasteiger charge is 2.07. The summed E-state index contributed by atoms with van der Waals surface area (Å²) >= 11 is 0. The van der Waals surface area contributed by atoms with Crippen molar-refractivity contribution in [3.05, 3.63) is 0 Å². The van der Waals surface area contributed by atoms with Crippen molar-refractivity contribution in [3.8, 4) is 0 Å². The van der Waals surface area contributed by atoms with E-state index in [4.69, 9.17) is 20.4 Å². The second kappa shape index (κ2) is 12.9. The summed E-state index contributed by atoms with van der Waals surface area (Å²) in [7, 11) is 0. The van der Waals surface area contributed by atoms with Gasteiger partial charge < -0.3 is 20.4 Å². The molecule has 0 heterocycles. The second-order valence-electron chi connectivity index (χ2n) is 4.17. The molecule has 0 spiro atoms. The second-order valence-corrected chi connectivity index (χ2v) is 4.17. The van der Waals surface area contributed by atoms with Crippen LogP contribution in [0.3, 0.4) is 0 Å². The van der Waals surface area contributed by atoms with Crippen LogP contribution in [-0.2, 0) is 0 Å². The molecule has 0 bridgehead atoms. The molecule has 0 aromatic carbocycles. The van der Waals surface area contributed by atoms with Crippen LogP contribution in [0.1, 0.15) is 52.9 Å². The molecule has 4 N–H and O–H groups in total. The highest BCUT2D eigenvalue weighted by molar-refractivity contribution is 4.59. The molecule has 0 saturated heterocycles. The minimum atomic E-state index is -0.574. The average molecular weight is 236 g/mol. The molecule has 0 radical (unpaired) electrons. The third-order valence-corrected chi connectivity index (χ3v) is 2.17. The fourth-order valence-electron chi connectivity index (χ4n) is 1.09. The van der Waals surface area contributed by atoms with Gasteiger partial charge in [0.25, 0.3) is 0 Å². The van der Waals surface area contributed by atoms with Gasteiger partial charge in [-0.1, -0.05) is 13.3 Å². The zero-order chi connectivity index (χ0) is 13.0. The summed E-state index contributed by atoms with van der Waals surface area (Å²) < 4.78 is 0. The van der Waals surface area contributed by atoms with E-state index in [0.717, 1.165) is 25.7 Å². The first kappa shape index (κ1) is 18.2. The molecule has 16 heavy (non-hydrogen) atoms. The van der Waals surface area contributed by atoms with Crippen LogP contribution in [0.2, 0.25) is 0 Å². The van der Waals surface area contributed by atoms with Crippen molar-refractivity contribution in [2.75, 3.05) is 6.61 Å². The maximum atomic E-state index is 8.88. The van der Waals surface area contributed by atoms with Gasteiger partial charge in [0.15, 0.2) is 0 Å². The van der Waals surface area contributed by atoms with Gasteiger partial charge in [0.05, 0.1) is 18.3 Å². The van der Waals surface area contributed by atoms with Gasteiger partial charge in [-0.15, -0.1) is 0 Å². The molecular formula is C12H28O4. The summed E-state index contributed by atoms with van der Waals surface area (Å²) in [5.41, 5.74) is 0. The van der Waals surface area contributed by atoms with Gasteiger partial charge in [-0.3, -0.25) is 0 Å². The molecule has 0 fully saturated rings. The summed E-state index contributed by atoms with van der Waals surface area (Å²) in [5, 5.41) is 34.6. The van der Waals surface area contributed by atoms with E-state index in [-0.39, 0.29) is 12.7 Å². The van der Waals surface area contributed by atoms with Crippen LogP contribution < -0.4 is 0 Å². The first-order valence-electron chi connectivity index (χ1n) is 6.10. The third-order valence-electron chi connectivity index (χ3n) is 2.17. The lowest BCUT2D eigenvalue weighted by molar-refractivity contribution is 0.0259. The predicted octanol–water partition coefficient (Wildman–Crippen LogP) is 1.06. The molecule has 100 valence electrons. The summed E-state index contributed by atoms with van der Waals surface area (Å²) in [5.74, 6) is 0. The maximum absolute atomic E-state index is 8.88. The maximum Gasteiger partial charge on any atom is 0.0796 e.